The average molecular weight is 371 g/mol. The average Bonchev–Trinajstić information content (AvgIpc) is 3.40. The van der Waals surface area contributed by atoms with Crippen molar-refractivity contribution in [2.45, 2.75) is 64.6 Å². The predicted molar refractivity (Wildman–Crippen MR) is 114 cm³/mol. The Morgan fingerprint density at radius 2 is 1.63 bits per heavy atom. The molecule has 1 aliphatic heterocycles. The lowest BCUT2D eigenvalue weighted by molar-refractivity contribution is -0.143. The molecule has 0 radical (unpaired) electrons. The molecule has 0 aliphatic carbocycles. The topological polar surface area (TPSA) is 38.8 Å². The normalized spacial score (nSPS) is 20.4. The lowest BCUT2D eigenvalue weighted by atomic mass is 10.2. The smallest absolute Gasteiger partial charge is 0.306 e. The molecule has 1 aliphatic rings. The summed E-state index contributed by atoms with van der Waals surface area (Å²) >= 11 is 0. The van der Waals surface area contributed by atoms with E-state index in [-0.39, 0.29) is 12.1 Å². The van der Waals surface area contributed by atoms with E-state index in [0.29, 0.717) is 19.1 Å². The van der Waals surface area contributed by atoms with E-state index in [1.54, 1.807) is 0 Å². The van der Waals surface area contributed by atoms with Gasteiger partial charge in [-0.05, 0) is 39.0 Å². The highest BCUT2D eigenvalue weighted by Gasteiger charge is 2.34. The summed E-state index contributed by atoms with van der Waals surface area (Å²) in [4.78, 5) is 11.1. The van der Waals surface area contributed by atoms with Crippen LogP contribution in [0.2, 0.25) is 0 Å². The van der Waals surface area contributed by atoms with Crippen LogP contribution in [-0.2, 0) is 14.3 Å². The number of hydrogen-bond donors (Lipinski definition) is 0. The summed E-state index contributed by atoms with van der Waals surface area (Å²) in [5.74, 6) is -0.126. The third-order valence-electron chi connectivity index (χ3n) is 3.86. The van der Waals surface area contributed by atoms with E-state index in [1.807, 2.05) is 25.2 Å². The molecule has 3 nitrogen and oxygen atoms in total. The summed E-state index contributed by atoms with van der Waals surface area (Å²) in [6.45, 7) is 4.42. The fourth-order valence-corrected chi connectivity index (χ4v) is 2.37. The maximum absolute atomic E-state index is 11.1. The molecule has 2 atom stereocenters. The van der Waals surface area contributed by atoms with Gasteiger partial charge in [-0.25, -0.2) is 0 Å². The second-order valence-electron chi connectivity index (χ2n) is 6.21. The molecule has 0 aromatic carbocycles. The van der Waals surface area contributed by atoms with Gasteiger partial charge in [0, 0.05) is 6.42 Å². The summed E-state index contributed by atoms with van der Waals surface area (Å²) in [5, 5.41) is 0. The first-order chi connectivity index (χ1) is 13.3. The van der Waals surface area contributed by atoms with Crippen LogP contribution in [-0.4, -0.2) is 24.8 Å². The van der Waals surface area contributed by atoms with Crippen molar-refractivity contribution >= 4 is 5.97 Å². The third-order valence-corrected chi connectivity index (χ3v) is 3.86. The zero-order valence-electron chi connectivity index (χ0n) is 16.8. The molecule has 0 spiro atoms. The molecule has 2 unspecified atom stereocenters. The highest BCUT2D eigenvalue weighted by molar-refractivity contribution is 5.69. The van der Waals surface area contributed by atoms with Crippen molar-refractivity contribution in [3.8, 4) is 0 Å². The second-order valence-corrected chi connectivity index (χ2v) is 6.21. The minimum Gasteiger partial charge on any atom is -0.466 e. The van der Waals surface area contributed by atoms with Gasteiger partial charge in [-0.2, -0.15) is 0 Å². The first-order valence-corrected chi connectivity index (χ1v) is 10.0. The molecule has 0 amide bonds. The van der Waals surface area contributed by atoms with Gasteiger partial charge in [-0.15, -0.1) is 0 Å². The van der Waals surface area contributed by atoms with Crippen molar-refractivity contribution in [1.29, 1.82) is 0 Å². The molecule has 0 bridgehead atoms. The fraction of sp³-hybridized carbons (Fsp3) is 0.458. The molecular weight excluding hydrogens is 336 g/mol. The number of carbonyl (C=O) groups excluding carboxylic acids is 1. The summed E-state index contributed by atoms with van der Waals surface area (Å²) in [7, 11) is 0. The van der Waals surface area contributed by atoms with Crippen LogP contribution in [0.5, 0.6) is 0 Å². The highest BCUT2D eigenvalue weighted by atomic mass is 16.6. The molecule has 1 saturated heterocycles. The zero-order valence-corrected chi connectivity index (χ0v) is 16.8. The van der Waals surface area contributed by atoms with Crippen molar-refractivity contribution in [2.75, 3.05) is 6.61 Å². The van der Waals surface area contributed by atoms with Crippen LogP contribution in [0.25, 0.3) is 0 Å². The van der Waals surface area contributed by atoms with E-state index in [0.717, 1.165) is 32.1 Å². The standard InChI is InChI=1S/C24H34O3/c1-3-5-16-19-22-23(27-22)20-17-14-12-10-8-6-7-9-11-13-15-18-21-24(25)26-4-2/h5,7-10,12-17,20,22-23H,3-4,6,11,18-19,21H2,1-2H3/b9-7-,10-8-,14-12+,15-13-,16-5-,20-17+. The Bertz CT molecular complexity index is 564. The van der Waals surface area contributed by atoms with Gasteiger partial charge in [0.25, 0.3) is 0 Å². The monoisotopic (exact) mass is 370 g/mol. The number of rotatable bonds is 14. The molecule has 0 aromatic heterocycles. The van der Waals surface area contributed by atoms with Crippen LogP contribution in [0.3, 0.4) is 0 Å². The van der Waals surface area contributed by atoms with E-state index in [4.69, 9.17) is 9.47 Å². The minimum atomic E-state index is -0.126. The van der Waals surface area contributed by atoms with Crippen molar-refractivity contribution in [3.63, 3.8) is 0 Å². The molecular formula is C24H34O3. The van der Waals surface area contributed by atoms with Gasteiger partial charge in [0.1, 0.15) is 6.10 Å². The van der Waals surface area contributed by atoms with E-state index in [9.17, 15) is 4.79 Å². The van der Waals surface area contributed by atoms with E-state index >= 15 is 0 Å². The van der Waals surface area contributed by atoms with Crippen LogP contribution in [0, 0.1) is 0 Å². The maximum Gasteiger partial charge on any atom is 0.306 e. The molecule has 0 N–H and O–H groups in total. The first-order valence-electron chi connectivity index (χ1n) is 10.0. The Morgan fingerprint density at radius 1 is 0.889 bits per heavy atom. The summed E-state index contributed by atoms with van der Waals surface area (Å²) in [5.41, 5.74) is 0. The Labute approximate surface area is 164 Å². The Hall–Kier alpha value is -2.13. The van der Waals surface area contributed by atoms with Crippen molar-refractivity contribution in [3.05, 3.63) is 72.9 Å². The largest absolute Gasteiger partial charge is 0.466 e. The van der Waals surface area contributed by atoms with Crippen LogP contribution in [0.1, 0.15) is 52.4 Å². The van der Waals surface area contributed by atoms with Gasteiger partial charge in [0.05, 0.1) is 12.7 Å². The van der Waals surface area contributed by atoms with Crippen molar-refractivity contribution in [1.82, 2.24) is 0 Å². The summed E-state index contributed by atoms with van der Waals surface area (Å²) in [6.07, 6.45) is 31.0. The summed E-state index contributed by atoms with van der Waals surface area (Å²) in [6, 6.07) is 0. The van der Waals surface area contributed by atoms with Gasteiger partial charge in [0.15, 0.2) is 0 Å². The predicted octanol–water partition coefficient (Wildman–Crippen LogP) is 6.01. The number of esters is 1. The van der Waals surface area contributed by atoms with Gasteiger partial charge in [-0.1, -0.05) is 79.8 Å². The Kier molecular flexibility index (Phi) is 13.6. The number of hydrogen-bond acceptors (Lipinski definition) is 3. The molecule has 0 aromatic rings. The molecule has 1 rings (SSSR count). The molecule has 27 heavy (non-hydrogen) atoms. The number of carbonyl (C=O) groups is 1. The molecule has 0 saturated carbocycles. The summed E-state index contributed by atoms with van der Waals surface area (Å²) < 4.78 is 10.4. The number of epoxide rings is 1. The van der Waals surface area contributed by atoms with Crippen LogP contribution in [0.15, 0.2) is 72.9 Å². The van der Waals surface area contributed by atoms with E-state index < -0.39 is 0 Å². The minimum absolute atomic E-state index is 0.126. The third kappa shape index (κ3) is 13.7. The van der Waals surface area contributed by atoms with Crippen molar-refractivity contribution < 1.29 is 14.3 Å². The lowest BCUT2D eigenvalue weighted by Crippen LogP contribution is -2.02. The fourth-order valence-electron chi connectivity index (χ4n) is 2.37. The molecule has 1 heterocycles. The van der Waals surface area contributed by atoms with E-state index in [1.165, 1.54) is 0 Å². The van der Waals surface area contributed by atoms with Gasteiger partial charge < -0.3 is 9.47 Å². The zero-order chi connectivity index (χ0) is 19.6. The first kappa shape index (κ1) is 22.9. The van der Waals surface area contributed by atoms with Gasteiger partial charge in [-0.3, -0.25) is 4.79 Å². The van der Waals surface area contributed by atoms with Gasteiger partial charge in [0.2, 0.25) is 0 Å². The number of allylic oxidation sites excluding steroid dienone is 10. The van der Waals surface area contributed by atoms with Crippen LogP contribution < -0.4 is 0 Å². The number of ether oxygens (including phenoxy) is 2. The highest BCUT2D eigenvalue weighted by Crippen LogP contribution is 2.26. The lowest BCUT2D eigenvalue weighted by Gasteiger charge is -1.97. The molecule has 3 heteroatoms. The second kappa shape index (κ2) is 16.1. The molecule has 1 fully saturated rings. The maximum atomic E-state index is 11.1. The quantitative estimate of drug-likeness (QED) is 0.162. The van der Waals surface area contributed by atoms with Crippen molar-refractivity contribution in [2.24, 2.45) is 0 Å². The van der Waals surface area contributed by atoms with E-state index in [2.05, 4.69) is 61.6 Å². The van der Waals surface area contributed by atoms with Crippen LogP contribution >= 0.6 is 0 Å². The Morgan fingerprint density at radius 3 is 2.41 bits per heavy atom. The Balaban J connectivity index is 2.00. The van der Waals surface area contributed by atoms with Crippen LogP contribution in [0.4, 0.5) is 0 Å². The van der Waals surface area contributed by atoms with Gasteiger partial charge >= 0.3 is 5.97 Å². The SMILES string of the molecule is CC/C=C\CC1OC1/C=C/C=C/C=C\C/C=C\C/C=C\CCC(=O)OCC. The molecule has 148 valence electrons.